The van der Waals surface area contributed by atoms with Crippen LogP contribution in [0.2, 0.25) is 0 Å². The monoisotopic (exact) mass is 496 g/mol. The SMILES string of the molecule is CC(C)(C)OC(=O)[C@]1(Cn2ccnc2)C[C@H](C(=O)O)[C@@H](c2cnco2)N1C(=O)OCc1ccccc1. The number of esters is 1. The Morgan fingerprint density at radius 1 is 1.19 bits per heavy atom. The molecule has 4 rings (SSSR count). The number of rotatable bonds is 7. The van der Waals surface area contributed by atoms with E-state index in [4.69, 9.17) is 13.9 Å². The van der Waals surface area contributed by atoms with Gasteiger partial charge in [-0.2, -0.15) is 0 Å². The van der Waals surface area contributed by atoms with Crippen LogP contribution in [0.25, 0.3) is 0 Å². The molecule has 1 saturated heterocycles. The van der Waals surface area contributed by atoms with Crippen LogP contribution in [-0.2, 0) is 32.2 Å². The Balaban J connectivity index is 1.82. The summed E-state index contributed by atoms with van der Waals surface area (Å²) >= 11 is 0. The summed E-state index contributed by atoms with van der Waals surface area (Å²) in [5.74, 6) is -3.03. The molecule has 11 nitrogen and oxygen atoms in total. The van der Waals surface area contributed by atoms with Crippen molar-refractivity contribution in [3.05, 3.63) is 73.0 Å². The predicted molar refractivity (Wildman–Crippen MR) is 124 cm³/mol. The number of oxazole rings is 1. The van der Waals surface area contributed by atoms with Gasteiger partial charge in [-0.15, -0.1) is 0 Å². The largest absolute Gasteiger partial charge is 0.481 e. The maximum atomic E-state index is 13.8. The fourth-order valence-corrected chi connectivity index (χ4v) is 4.46. The molecule has 0 radical (unpaired) electrons. The fraction of sp³-hybridized carbons (Fsp3) is 0.400. The maximum absolute atomic E-state index is 13.8. The summed E-state index contributed by atoms with van der Waals surface area (Å²) in [7, 11) is 0. The first-order valence-electron chi connectivity index (χ1n) is 11.4. The quantitative estimate of drug-likeness (QED) is 0.488. The fourth-order valence-electron chi connectivity index (χ4n) is 4.46. The number of benzene rings is 1. The van der Waals surface area contributed by atoms with E-state index in [9.17, 15) is 19.5 Å². The second kappa shape index (κ2) is 9.84. The van der Waals surface area contributed by atoms with Crippen LogP contribution in [0.3, 0.4) is 0 Å². The molecule has 2 aromatic heterocycles. The first-order valence-corrected chi connectivity index (χ1v) is 11.4. The van der Waals surface area contributed by atoms with E-state index in [1.807, 2.05) is 6.07 Å². The van der Waals surface area contributed by atoms with Crippen LogP contribution in [0.5, 0.6) is 0 Å². The van der Waals surface area contributed by atoms with E-state index >= 15 is 0 Å². The van der Waals surface area contributed by atoms with Gasteiger partial charge in [0.25, 0.3) is 0 Å². The topological polar surface area (TPSA) is 137 Å². The summed E-state index contributed by atoms with van der Waals surface area (Å²) in [4.78, 5) is 49.1. The van der Waals surface area contributed by atoms with E-state index in [0.29, 0.717) is 0 Å². The average molecular weight is 497 g/mol. The molecule has 3 heterocycles. The summed E-state index contributed by atoms with van der Waals surface area (Å²) in [5.41, 5.74) is -1.90. The zero-order valence-corrected chi connectivity index (χ0v) is 20.2. The van der Waals surface area contributed by atoms with Gasteiger partial charge in [0.2, 0.25) is 0 Å². The summed E-state index contributed by atoms with van der Waals surface area (Å²) in [6.07, 6.45) is 5.99. The van der Waals surface area contributed by atoms with Gasteiger partial charge in [-0.3, -0.25) is 9.69 Å². The van der Waals surface area contributed by atoms with Crippen LogP contribution >= 0.6 is 0 Å². The van der Waals surface area contributed by atoms with Crippen molar-refractivity contribution in [3.8, 4) is 0 Å². The van der Waals surface area contributed by atoms with E-state index in [1.54, 1.807) is 55.8 Å². The van der Waals surface area contributed by atoms with Crippen molar-refractivity contribution in [1.82, 2.24) is 19.4 Å². The van der Waals surface area contributed by atoms with Gasteiger partial charge in [-0.05, 0) is 32.8 Å². The van der Waals surface area contributed by atoms with Gasteiger partial charge in [-0.25, -0.2) is 19.6 Å². The number of imidazole rings is 1. The average Bonchev–Trinajstić information content (AvgIpc) is 3.58. The number of carbonyl (C=O) groups excluding carboxylic acids is 2. The van der Waals surface area contributed by atoms with Crippen molar-refractivity contribution in [2.45, 2.75) is 57.5 Å². The standard InChI is InChI=1S/C25H28N4O7/c1-24(2,3)36-22(32)25(14-28-10-9-26-15-28)11-18(21(30)31)20(19-12-27-16-35-19)29(25)23(33)34-13-17-7-5-4-6-8-17/h4-10,12,15-16,18,20H,11,13-14H2,1-3H3,(H,30,31)/t18-,20-,25+/m0/s1. The molecule has 1 amide bonds. The van der Waals surface area contributed by atoms with Crippen molar-refractivity contribution in [3.63, 3.8) is 0 Å². The summed E-state index contributed by atoms with van der Waals surface area (Å²) in [5, 5.41) is 10.2. The Kier molecular flexibility index (Phi) is 6.82. The molecule has 1 aliphatic rings. The summed E-state index contributed by atoms with van der Waals surface area (Å²) < 4.78 is 18.4. The first-order chi connectivity index (χ1) is 17.1. The van der Waals surface area contributed by atoms with Crippen molar-refractivity contribution >= 4 is 18.0 Å². The molecule has 1 aromatic carbocycles. The van der Waals surface area contributed by atoms with Gasteiger partial charge in [0, 0.05) is 12.4 Å². The van der Waals surface area contributed by atoms with Crippen LogP contribution < -0.4 is 0 Å². The van der Waals surface area contributed by atoms with Crippen molar-refractivity contribution in [2.24, 2.45) is 5.92 Å². The molecule has 1 aliphatic heterocycles. The molecule has 11 heteroatoms. The zero-order chi connectivity index (χ0) is 25.9. The van der Waals surface area contributed by atoms with Crippen LogP contribution in [-0.4, -0.2) is 53.7 Å². The second-order valence-electron chi connectivity index (χ2n) is 9.68. The minimum Gasteiger partial charge on any atom is -0.481 e. The van der Waals surface area contributed by atoms with Crippen LogP contribution in [0.1, 0.15) is 44.6 Å². The molecule has 36 heavy (non-hydrogen) atoms. The van der Waals surface area contributed by atoms with Crippen LogP contribution in [0, 0.1) is 5.92 Å². The number of hydrogen-bond acceptors (Lipinski definition) is 8. The second-order valence-corrected chi connectivity index (χ2v) is 9.68. The lowest BCUT2D eigenvalue weighted by atomic mass is 9.90. The minimum absolute atomic E-state index is 0.0769. The summed E-state index contributed by atoms with van der Waals surface area (Å²) in [6, 6.07) is 7.86. The van der Waals surface area contributed by atoms with E-state index in [2.05, 4.69) is 9.97 Å². The van der Waals surface area contributed by atoms with Gasteiger partial charge >= 0.3 is 18.0 Å². The van der Waals surface area contributed by atoms with Crippen molar-refractivity contribution in [1.29, 1.82) is 0 Å². The van der Waals surface area contributed by atoms with Gasteiger partial charge in [-0.1, -0.05) is 30.3 Å². The number of aromatic nitrogens is 3. The number of aliphatic carboxylic acids is 1. The molecule has 1 N–H and O–H groups in total. The number of carboxylic acids is 1. The molecule has 0 aliphatic carbocycles. The number of nitrogens with zero attached hydrogens (tertiary/aromatic N) is 4. The lowest BCUT2D eigenvalue weighted by molar-refractivity contribution is -0.169. The van der Waals surface area contributed by atoms with Gasteiger partial charge in [0.05, 0.1) is 25.0 Å². The Hall–Kier alpha value is -4.15. The maximum Gasteiger partial charge on any atom is 0.411 e. The molecule has 190 valence electrons. The molecular formula is C25H28N4O7. The number of carboxylic acid groups (broad SMARTS) is 1. The molecule has 0 saturated carbocycles. The molecule has 3 aromatic rings. The highest BCUT2D eigenvalue weighted by atomic mass is 16.6. The van der Waals surface area contributed by atoms with E-state index < -0.39 is 41.1 Å². The molecular weight excluding hydrogens is 468 g/mol. The van der Waals surface area contributed by atoms with Gasteiger partial charge < -0.3 is 23.6 Å². The lowest BCUT2D eigenvalue weighted by Crippen LogP contribution is -2.58. The van der Waals surface area contributed by atoms with Crippen LogP contribution in [0.15, 0.2) is 66.1 Å². The van der Waals surface area contributed by atoms with Crippen molar-refractivity contribution < 1.29 is 33.4 Å². The molecule has 0 unspecified atom stereocenters. The zero-order valence-electron chi connectivity index (χ0n) is 20.2. The third kappa shape index (κ3) is 5.09. The Morgan fingerprint density at radius 3 is 2.53 bits per heavy atom. The van der Waals surface area contributed by atoms with E-state index in [1.165, 1.54) is 18.7 Å². The number of likely N-dealkylation sites (tertiary alicyclic amines) is 1. The number of carbonyl (C=O) groups is 3. The highest BCUT2D eigenvalue weighted by Gasteiger charge is 2.63. The lowest BCUT2D eigenvalue weighted by Gasteiger charge is -2.39. The molecule has 3 atom stereocenters. The predicted octanol–water partition coefficient (Wildman–Crippen LogP) is 3.44. The van der Waals surface area contributed by atoms with Crippen LogP contribution in [0.4, 0.5) is 4.79 Å². The summed E-state index contributed by atoms with van der Waals surface area (Å²) in [6.45, 7) is 4.92. The Bertz CT molecular complexity index is 1190. The first kappa shape index (κ1) is 25.0. The van der Waals surface area contributed by atoms with Crippen molar-refractivity contribution in [2.75, 3.05) is 0 Å². The number of ether oxygens (including phenoxy) is 2. The molecule has 0 bridgehead atoms. The number of amides is 1. The Labute approximate surface area is 207 Å². The van der Waals surface area contributed by atoms with E-state index in [0.717, 1.165) is 16.9 Å². The molecule has 0 spiro atoms. The van der Waals surface area contributed by atoms with E-state index in [-0.39, 0.29) is 25.3 Å². The highest BCUT2D eigenvalue weighted by molar-refractivity contribution is 5.89. The smallest absolute Gasteiger partial charge is 0.411 e. The molecule has 1 fully saturated rings. The third-order valence-electron chi connectivity index (χ3n) is 5.92. The highest BCUT2D eigenvalue weighted by Crippen LogP contribution is 2.49. The number of hydrogen-bond donors (Lipinski definition) is 1. The third-order valence-corrected chi connectivity index (χ3v) is 5.92. The van der Waals surface area contributed by atoms with Gasteiger partial charge in [0.15, 0.2) is 11.9 Å². The van der Waals surface area contributed by atoms with Gasteiger partial charge in [0.1, 0.15) is 24.0 Å². The minimum atomic E-state index is -1.73. The Morgan fingerprint density at radius 2 is 1.94 bits per heavy atom. The normalized spacial score (nSPS) is 21.8.